The van der Waals surface area contributed by atoms with Crippen LogP contribution in [0.4, 0.5) is 5.69 Å². The minimum absolute atomic E-state index is 0.258. The Morgan fingerprint density at radius 3 is 2.59 bits per heavy atom. The first-order valence-corrected chi connectivity index (χ1v) is 12.6. The largest absolute Gasteiger partial charge is 0.490 e. The predicted molar refractivity (Wildman–Crippen MR) is 143 cm³/mol. The van der Waals surface area contributed by atoms with Crippen molar-refractivity contribution in [3.05, 3.63) is 52.2 Å². The summed E-state index contributed by atoms with van der Waals surface area (Å²) in [7, 11) is 1.62. The van der Waals surface area contributed by atoms with Crippen LogP contribution in [0.5, 0.6) is 5.75 Å². The highest BCUT2D eigenvalue weighted by Crippen LogP contribution is 2.39. The monoisotopic (exact) mass is 508 g/mol. The summed E-state index contributed by atoms with van der Waals surface area (Å²) >= 11 is 0. The fraction of sp³-hybridized carbons (Fsp3) is 0.464. The topological polar surface area (TPSA) is 110 Å². The average molecular weight is 509 g/mol. The number of carboxylic acids is 1. The molecular weight excluding hydrogens is 472 g/mol. The highest BCUT2D eigenvalue weighted by atomic mass is 16.5. The number of hydrogen-bond donors (Lipinski definition) is 2. The molecule has 0 atom stereocenters. The second-order valence-electron chi connectivity index (χ2n) is 10.9. The summed E-state index contributed by atoms with van der Waals surface area (Å²) in [5.74, 6) is 0.0875. The molecule has 0 saturated carbocycles. The first kappa shape index (κ1) is 26.5. The van der Waals surface area contributed by atoms with E-state index < -0.39 is 11.6 Å². The normalized spacial score (nSPS) is 13.6. The Morgan fingerprint density at radius 1 is 1.22 bits per heavy atom. The van der Waals surface area contributed by atoms with Crippen LogP contribution in [0, 0.1) is 12.8 Å². The molecule has 0 amide bonds. The van der Waals surface area contributed by atoms with Crippen molar-refractivity contribution < 1.29 is 19.7 Å². The minimum Gasteiger partial charge on any atom is -0.490 e. The number of pyridine rings is 1. The van der Waals surface area contributed by atoms with Gasteiger partial charge in [0.2, 0.25) is 0 Å². The molecule has 0 spiro atoms. The number of anilines is 1. The Hall–Kier alpha value is -3.59. The smallest absolute Gasteiger partial charge is 0.309 e. The summed E-state index contributed by atoms with van der Waals surface area (Å²) in [6, 6.07) is 5.73. The first-order valence-electron chi connectivity index (χ1n) is 12.6. The number of nitrogens with zero attached hydrogens (tertiary/aromatic N) is 4. The number of fused-ring (bicyclic) bond motifs is 1. The Kier molecular flexibility index (Phi) is 7.19. The molecular formula is C28H36N4O5. The molecule has 0 fully saturated rings. The lowest BCUT2D eigenvalue weighted by Gasteiger charge is -2.35. The van der Waals surface area contributed by atoms with E-state index >= 15 is 0 Å². The molecule has 37 heavy (non-hydrogen) atoms. The molecule has 0 aliphatic carbocycles. The number of hydrogen-bond acceptors (Lipinski definition) is 6. The van der Waals surface area contributed by atoms with Gasteiger partial charge in [-0.2, -0.15) is 5.10 Å². The van der Waals surface area contributed by atoms with Gasteiger partial charge in [0, 0.05) is 43.2 Å². The molecule has 0 unspecified atom stereocenters. The number of carbonyl (C=O) groups is 1. The zero-order valence-electron chi connectivity index (χ0n) is 22.4. The molecule has 9 nitrogen and oxygen atoms in total. The summed E-state index contributed by atoms with van der Waals surface area (Å²) in [6.07, 6.45) is 3.27. The lowest BCUT2D eigenvalue weighted by Crippen LogP contribution is -2.42. The Labute approximate surface area is 216 Å². The quantitative estimate of drug-likeness (QED) is 0.479. The molecule has 2 N–H and O–H groups in total. The zero-order chi connectivity index (χ0) is 27.1. The molecule has 0 saturated heterocycles. The highest BCUT2D eigenvalue weighted by Gasteiger charge is 2.27. The molecule has 0 bridgehead atoms. The molecule has 3 heterocycles. The maximum Gasteiger partial charge on any atom is 0.309 e. The second kappa shape index (κ2) is 10.0. The lowest BCUT2D eigenvalue weighted by molar-refractivity contribution is -0.136. The van der Waals surface area contributed by atoms with Gasteiger partial charge < -0.3 is 24.4 Å². The van der Waals surface area contributed by atoms with Crippen molar-refractivity contribution in [2.24, 2.45) is 13.0 Å². The fourth-order valence-corrected chi connectivity index (χ4v) is 5.06. The lowest BCUT2D eigenvalue weighted by atomic mass is 9.91. The number of aromatic nitrogens is 3. The SMILES string of the molecule is Cc1c(-c2ccc3c(c2)N(CC(C)(C)O)CCO3)c(CC(=O)O)n(C)c(=O)c1-c1cnn(CC(C)C)c1. The molecule has 1 aromatic carbocycles. The molecule has 9 heteroatoms. The third-order valence-corrected chi connectivity index (χ3v) is 6.54. The van der Waals surface area contributed by atoms with Crippen LogP contribution in [0.1, 0.15) is 39.0 Å². The maximum absolute atomic E-state index is 13.5. The van der Waals surface area contributed by atoms with Crippen molar-refractivity contribution in [3.63, 3.8) is 0 Å². The number of carboxylic acid groups (broad SMARTS) is 1. The zero-order valence-corrected chi connectivity index (χ0v) is 22.4. The minimum atomic E-state index is -1.02. The molecule has 2 aromatic heterocycles. The second-order valence-corrected chi connectivity index (χ2v) is 10.9. The van der Waals surface area contributed by atoms with Crippen LogP contribution in [-0.4, -0.2) is 55.8 Å². The number of β-amino-alcohol motifs (C(OH)–C–C–N with tert-alkyl or cyclic N) is 1. The van der Waals surface area contributed by atoms with Gasteiger partial charge in [-0.15, -0.1) is 0 Å². The third-order valence-electron chi connectivity index (χ3n) is 6.54. The van der Waals surface area contributed by atoms with Crippen molar-refractivity contribution in [1.29, 1.82) is 0 Å². The van der Waals surface area contributed by atoms with Crippen molar-refractivity contribution in [1.82, 2.24) is 14.3 Å². The van der Waals surface area contributed by atoms with Gasteiger partial charge in [0.05, 0.1) is 36.0 Å². The summed E-state index contributed by atoms with van der Waals surface area (Å²) in [5.41, 5.74) is 3.48. The predicted octanol–water partition coefficient (Wildman–Crippen LogP) is 3.48. The molecule has 4 rings (SSSR count). The Morgan fingerprint density at radius 2 is 1.95 bits per heavy atom. The number of benzene rings is 1. The van der Waals surface area contributed by atoms with Gasteiger partial charge in [-0.3, -0.25) is 14.3 Å². The van der Waals surface area contributed by atoms with Crippen molar-refractivity contribution in [2.45, 2.75) is 53.2 Å². The van der Waals surface area contributed by atoms with Crippen LogP contribution >= 0.6 is 0 Å². The summed E-state index contributed by atoms with van der Waals surface area (Å²) in [5, 5.41) is 24.6. The van der Waals surface area contributed by atoms with Crippen LogP contribution in [0.15, 0.2) is 35.4 Å². The summed E-state index contributed by atoms with van der Waals surface area (Å²) in [4.78, 5) is 27.4. The van der Waals surface area contributed by atoms with E-state index in [0.29, 0.717) is 59.3 Å². The Bertz CT molecular complexity index is 1380. The number of rotatable bonds is 8. The van der Waals surface area contributed by atoms with E-state index in [1.54, 1.807) is 27.1 Å². The van der Waals surface area contributed by atoms with Gasteiger partial charge in [-0.05, 0) is 49.9 Å². The molecule has 1 aliphatic rings. The molecule has 0 radical (unpaired) electrons. The van der Waals surface area contributed by atoms with Crippen molar-refractivity contribution >= 4 is 11.7 Å². The number of aliphatic carboxylic acids is 1. The van der Waals surface area contributed by atoms with E-state index in [4.69, 9.17) is 4.74 Å². The Balaban J connectivity index is 1.93. The van der Waals surface area contributed by atoms with E-state index in [0.717, 1.165) is 17.8 Å². The van der Waals surface area contributed by atoms with Gasteiger partial charge in [0.15, 0.2) is 0 Å². The number of ether oxygens (including phenoxy) is 1. The number of aliphatic hydroxyl groups is 1. The molecule has 198 valence electrons. The van der Waals surface area contributed by atoms with Gasteiger partial charge in [-0.1, -0.05) is 19.9 Å². The first-order chi connectivity index (χ1) is 17.4. The van der Waals surface area contributed by atoms with Crippen molar-refractivity contribution in [3.8, 4) is 28.0 Å². The van der Waals surface area contributed by atoms with Crippen molar-refractivity contribution in [2.75, 3.05) is 24.6 Å². The van der Waals surface area contributed by atoms with Crippen LogP contribution in [0.3, 0.4) is 0 Å². The average Bonchev–Trinajstić information content (AvgIpc) is 3.23. The van der Waals surface area contributed by atoms with E-state index in [1.165, 1.54) is 4.57 Å². The van der Waals surface area contributed by atoms with E-state index in [1.807, 2.05) is 36.0 Å². The molecule has 1 aliphatic heterocycles. The fourth-order valence-electron chi connectivity index (χ4n) is 5.06. The van der Waals surface area contributed by atoms with E-state index in [-0.39, 0.29) is 12.0 Å². The molecule has 3 aromatic rings. The standard InChI is InChI=1S/C28H36N4O5/c1-17(2)14-32-15-20(13-29-32)26-18(3)25(22(12-24(33)34)30(6)27(26)35)19-7-8-23-21(11-19)31(9-10-37-23)16-28(4,5)36/h7-8,11,13,15,17,36H,9-10,12,14,16H2,1-6H3,(H,33,34). The van der Waals surface area contributed by atoms with Gasteiger partial charge >= 0.3 is 5.97 Å². The summed E-state index contributed by atoms with van der Waals surface area (Å²) in [6.45, 7) is 11.9. The van der Waals surface area contributed by atoms with Crippen LogP contribution in [0.2, 0.25) is 0 Å². The van der Waals surface area contributed by atoms with E-state index in [9.17, 15) is 19.8 Å². The van der Waals surface area contributed by atoms with Gasteiger partial charge in [0.25, 0.3) is 5.56 Å². The van der Waals surface area contributed by atoms with E-state index in [2.05, 4.69) is 23.8 Å². The summed E-state index contributed by atoms with van der Waals surface area (Å²) < 4.78 is 9.14. The van der Waals surface area contributed by atoms with Gasteiger partial charge in [0.1, 0.15) is 12.4 Å². The highest BCUT2D eigenvalue weighted by molar-refractivity contribution is 5.84. The van der Waals surface area contributed by atoms with Gasteiger partial charge in [-0.25, -0.2) is 0 Å². The van der Waals surface area contributed by atoms with Crippen LogP contribution < -0.4 is 15.2 Å². The third kappa shape index (κ3) is 5.56. The van der Waals surface area contributed by atoms with Crippen LogP contribution in [0.25, 0.3) is 22.3 Å². The maximum atomic E-state index is 13.5. The van der Waals surface area contributed by atoms with Crippen LogP contribution in [-0.2, 0) is 24.8 Å².